The van der Waals surface area contributed by atoms with Crippen LogP contribution >= 0.6 is 0 Å². The third-order valence-corrected chi connectivity index (χ3v) is 13.8. The molecule has 1 nitrogen and oxygen atoms in total. The van der Waals surface area contributed by atoms with E-state index >= 15 is 0 Å². The van der Waals surface area contributed by atoms with E-state index in [1.807, 2.05) is 7.11 Å². The molecule has 0 heterocycles. The summed E-state index contributed by atoms with van der Waals surface area (Å²) in [5.74, 6) is 6.51. The maximum absolute atomic E-state index is 5.68. The Kier molecular flexibility index (Phi) is 4.93. The van der Waals surface area contributed by atoms with Gasteiger partial charge in [-0.1, -0.05) is 46.3 Å². The topological polar surface area (TPSA) is 9.23 Å². The Bertz CT molecular complexity index is 781. The Balaban J connectivity index is 1.41. The van der Waals surface area contributed by atoms with E-state index in [9.17, 15) is 0 Å². The van der Waals surface area contributed by atoms with E-state index in [-0.39, 0.29) is 0 Å². The monoisotopic (exact) mass is 438 g/mol. The predicted octanol–water partition coefficient (Wildman–Crippen LogP) is 8.29. The molecule has 0 radical (unpaired) electrons. The van der Waals surface area contributed by atoms with E-state index in [4.69, 9.17) is 11.3 Å². The molecular formula is C31H50O. The zero-order valence-electron chi connectivity index (χ0n) is 21.8. The highest BCUT2D eigenvalue weighted by Crippen LogP contribution is 2.78. The summed E-state index contributed by atoms with van der Waals surface area (Å²) < 4.78 is 5.68. The Morgan fingerprint density at radius 1 is 0.875 bits per heavy atom. The van der Waals surface area contributed by atoms with Gasteiger partial charge >= 0.3 is 0 Å². The summed E-state index contributed by atoms with van der Waals surface area (Å²) in [7, 11) is 1.91. The van der Waals surface area contributed by atoms with E-state index in [2.05, 4.69) is 27.7 Å². The van der Waals surface area contributed by atoms with Crippen molar-refractivity contribution in [3.05, 3.63) is 12.2 Å². The molecule has 6 aliphatic rings. The molecule has 0 spiro atoms. The van der Waals surface area contributed by atoms with Crippen molar-refractivity contribution in [1.29, 1.82) is 0 Å². The fourth-order valence-corrected chi connectivity index (χ4v) is 12.1. The maximum atomic E-state index is 5.68. The number of hydrogen-bond donors (Lipinski definition) is 0. The molecule has 6 fully saturated rings. The van der Waals surface area contributed by atoms with Gasteiger partial charge in [-0.05, 0) is 134 Å². The van der Waals surface area contributed by atoms with Crippen LogP contribution in [0.15, 0.2) is 12.2 Å². The first-order valence-electron chi connectivity index (χ1n) is 14.3. The van der Waals surface area contributed by atoms with Gasteiger partial charge in [-0.3, -0.25) is 0 Å². The summed E-state index contributed by atoms with van der Waals surface area (Å²) >= 11 is 0. The van der Waals surface area contributed by atoms with Crippen LogP contribution < -0.4 is 0 Å². The number of methoxy groups -OCH3 is 1. The summed E-state index contributed by atoms with van der Waals surface area (Å²) in [4.78, 5) is 0. The second-order valence-corrected chi connectivity index (χ2v) is 14.8. The molecule has 0 amide bonds. The number of allylic oxidation sites excluding steroid dienone is 1. The molecule has 32 heavy (non-hydrogen) atoms. The predicted molar refractivity (Wildman–Crippen MR) is 133 cm³/mol. The molecule has 6 rings (SSSR count). The normalized spacial score (nSPS) is 55.7. The number of rotatable bonds is 3. The summed E-state index contributed by atoms with van der Waals surface area (Å²) in [5, 5.41) is 0. The third-order valence-electron chi connectivity index (χ3n) is 13.8. The molecule has 6 saturated carbocycles. The Hall–Kier alpha value is -0.300. The molecule has 0 bridgehead atoms. The lowest BCUT2D eigenvalue weighted by Crippen LogP contribution is -2.66. The van der Waals surface area contributed by atoms with Crippen LogP contribution in [-0.4, -0.2) is 13.7 Å². The summed E-state index contributed by atoms with van der Waals surface area (Å²) in [5.41, 5.74) is 3.87. The van der Waals surface area contributed by atoms with Crippen LogP contribution in [0.5, 0.6) is 0 Å². The van der Waals surface area contributed by atoms with Crippen LogP contribution in [0.1, 0.15) is 105 Å². The van der Waals surface area contributed by atoms with Crippen LogP contribution in [0.3, 0.4) is 0 Å². The maximum Gasteiger partial charge on any atom is 0.0467 e. The Morgan fingerprint density at radius 2 is 1.69 bits per heavy atom. The number of fused-ring (bicyclic) bond motifs is 4. The van der Waals surface area contributed by atoms with Gasteiger partial charge in [-0.25, -0.2) is 0 Å². The molecule has 6 aliphatic carbocycles. The smallest absolute Gasteiger partial charge is 0.0467 e. The molecule has 0 N–H and O–H groups in total. The van der Waals surface area contributed by atoms with Gasteiger partial charge in [0, 0.05) is 13.7 Å². The quantitative estimate of drug-likeness (QED) is 0.403. The van der Waals surface area contributed by atoms with Gasteiger partial charge in [0.05, 0.1) is 0 Å². The van der Waals surface area contributed by atoms with Crippen LogP contribution in [0.2, 0.25) is 0 Å². The molecule has 10 atom stereocenters. The number of hydrogen-bond acceptors (Lipinski definition) is 1. The van der Waals surface area contributed by atoms with E-state index in [1.165, 1.54) is 77.0 Å². The minimum Gasteiger partial charge on any atom is -0.385 e. The summed E-state index contributed by atoms with van der Waals surface area (Å²) in [6.45, 7) is 16.6. The van der Waals surface area contributed by atoms with Crippen molar-refractivity contribution in [2.24, 2.45) is 63.1 Å². The van der Waals surface area contributed by atoms with Gasteiger partial charge in [0.25, 0.3) is 0 Å². The van der Waals surface area contributed by atoms with E-state index in [0.717, 1.165) is 48.0 Å². The average molecular weight is 439 g/mol. The summed E-state index contributed by atoms with van der Waals surface area (Å²) in [6, 6.07) is 0. The fourth-order valence-electron chi connectivity index (χ4n) is 12.1. The minimum absolute atomic E-state index is 0.539. The van der Waals surface area contributed by atoms with Crippen molar-refractivity contribution < 1.29 is 4.74 Å². The van der Waals surface area contributed by atoms with E-state index in [0.29, 0.717) is 21.7 Å². The second-order valence-electron chi connectivity index (χ2n) is 14.8. The summed E-state index contributed by atoms with van der Waals surface area (Å²) in [6.07, 6.45) is 17.5. The van der Waals surface area contributed by atoms with Gasteiger partial charge in [0.2, 0.25) is 0 Å². The molecule has 0 saturated heterocycles. The zero-order chi connectivity index (χ0) is 22.5. The van der Waals surface area contributed by atoms with E-state index < -0.39 is 0 Å². The molecular weight excluding hydrogens is 388 g/mol. The van der Waals surface area contributed by atoms with Gasteiger partial charge in [-0.15, -0.1) is 0 Å². The van der Waals surface area contributed by atoms with Gasteiger partial charge < -0.3 is 4.74 Å². The van der Waals surface area contributed by atoms with Crippen LogP contribution in [-0.2, 0) is 4.74 Å². The van der Waals surface area contributed by atoms with Crippen molar-refractivity contribution in [3.63, 3.8) is 0 Å². The largest absolute Gasteiger partial charge is 0.385 e. The molecule has 0 aromatic heterocycles. The van der Waals surface area contributed by atoms with Crippen LogP contribution in [0.4, 0.5) is 0 Å². The molecule has 10 unspecified atom stereocenters. The van der Waals surface area contributed by atoms with Crippen molar-refractivity contribution >= 4 is 0 Å². The molecule has 0 aromatic rings. The van der Waals surface area contributed by atoms with Gasteiger partial charge in [-0.2, -0.15) is 0 Å². The van der Waals surface area contributed by atoms with Crippen LogP contribution in [0.25, 0.3) is 0 Å². The molecule has 0 aromatic carbocycles. The SMILES string of the molecule is C=C1CC2CC3C4CCCC(C)(C)C4CCC3(C)C3(C)CCC4(CCOC)CCC1C4C23. The average Bonchev–Trinajstić information content (AvgIpc) is 3.13. The highest BCUT2D eigenvalue weighted by Gasteiger charge is 2.71. The molecule has 180 valence electrons. The van der Waals surface area contributed by atoms with Crippen molar-refractivity contribution in [3.8, 4) is 0 Å². The highest BCUT2D eigenvalue weighted by molar-refractivity contribution is 5.25. The third kappa shape index (κ3) is 2.67. The lowest BCUT2D eigenvalue weighted by molar-refractivity contribution is -0.236. The first-order chi connectivity index (χ1) is 15.2. The lowest BCUT2D eigenvalue weighted by Gasteiger charge is -2.73. The Labute approximate surface area is 198 Å². The van der Waals surface area contributed by atoms with Crippen molar-refractivity contribution in [2.45, 2.75) is 105 Å². The van der Waals surface area contributed by atoms with E-state index in [1.54, 1.807) is 5.57 Å². The second kappa shape index (κ2) is 7.11. The van der Waals surface area contributed by atoms with Gasteiger partial charge in [0.1, 0.15) is 0 Å². The van der Waals surface area contributed by atoms with Crippen LogP contribution in [0, 0.1) is 63.1 Å². The zero-order valence-corrected chi connectivity index (χ0v) is 21.8. The molecule has 0 aliphatic heterocycles. The van der Waals surface area contributed by atoms with Gasteiger partial charge in [0.15, 0.2) is 0 Å². The first-order valence-corrected chi connectivity index (χ1v) is 14.3. The standard InChI is InChI=1S/C31H50O/c1-20-18-21-19-25-23-8-7-11-28(2,3)24(23)10-12-29(25,4)30(5)14-15-31(16-17-32-6)13-9-22(20)27(31)26(21)30/h21-27H,1,7-19H2,2-6H3. The van der Waals surface area contributed by atoms with Crippen molar-refractivity contribution in [1.82, 2.24) is 0 Å². The Morgan fingerprint density at radius 3 is 2.47 bits per heavy atom. The highest BCUT2D eigenvalue weighted by atomic mass is 16.5. The first kappa shape index (κ1) is 22.2. The fraction of sp³-hybridized carbons (Fsp3) is 0.935. The van der Waals surface area contributed by atoms with Crippen molar-refractivity contribution in [2.75, 3.05) is 13.7 Å². The number of ether oxygens (including phenoxy) is 1. The minimum atomic E-state index is 0.539. The lowest BCUT2D eigenvalue weighted by atomic mass is 9.32. The molecule has 1 heteroatoms.